The molecule has 0 aromatic rings. The minimum atomic E-state index is -3.52. The van der Waals surface area contributed by atoms with Crippen molar-refractivity contribution in [3.05, 3.63) is 0 Å². The van der Waals surface area contributed by atoms with Crippen molar-refractivity contribution in [3.63, 3.8) is 0 Å². The minimum absolute atomic E-state index is 0.244. The molecule has 0 spiro atoms. The molecule has 14 heavy (non-hydrogen) atoms. The molecule has 82 valence electrons. The number of nitrogens with zero attached hydrogens (tertiary/aromatic N) is 1. The first-order valence-corrected chi connectivity index (χ1v) is 6.06. The zero-order chi connectivity index (χ0) is 11.2. The van der Waals surface area contributed by atoms with Crippen LogP contribution in [0.4, 0.5) is 0 Å². The van der Waals surface area contributed by atoms with E-state index in [4.69, 9.17) is 5.26 Å². The van der Waals surface area contributed by atoms with E-state index in [1.807, 2.05) is 19.9 Å². The van der Waals surface area contributed by atoms with Gasteiger partial charge in [0.05, 0.1) is 6.07 Å². The van der Waals surface area contributed by atoms with Gasteiger partial charge in [-0.2, -0.15) is 18.4 Å². The maximum atomic E-state index is 11.3. The number of nitrogens with one attached hydrogen (secondary N) is 2. The van der Waals surface area contributed by atoms with E-state index in [1.54, 1.807) is 6.92 Å². The molecule has 0 aliphatic rings. The summed E-state index contributed by atoms with van der Waals surface area (Å²) in [6.07, 6.45) is 0.457. The second kappa shape index (κ2) is 5.96. The summed E-state index contributed by atoms with van der Waals surface area (Å²) in [4.78, 5) is 0. The first-order valence-electron chi connectivity index (χ1n) is 4.57. The summed E-state index contributed by atoms with van der Waals surface area (Å²) < 4.78 is 27.2. The van der Waals surface area contributed by atoms with Crippen molar-refractivity contribution in [2.24, 2.45) is 5.92 Å². The highest BCUT2D eigenvalue weighted by atomic mass is 32.2. The summed E-state index contributed by atoms with van der Waals surface area (Å²) in [6.45, 7) is 5.93. The Balaban J connectivity index is 4.15. The van der Waals surface area contributed by atoms with Crippen molar-refractivity contribution in [2.45, 2.75) is 33.2 Å². The normalized spacial score (nSPS) is 13.9. The lowest BCUT2D eigenvalue weighted by Crippen LogP contribution is -2.43. The maximum Gasteiger partial charge on any atom is 0.278 e. The van der Waals surface area contributed by atoms with Gasteiger partial charge in [0, 0.05) is 6.54 Å². The smallest absolute Gasteiger partial charge is 0.202 e. The van der Waals surface area contributed by atoms with Gasteiger partial charge in [-0.25, -0.2) is 4.72 Å². The van der Waals surface area contributed by atoms with Gasteiger partial charge in [-0.3, -0.25) is 0 Å². The zero-order valence-electron chi connectivity index (χ0n) is 8.74. The van der Waals surface area contributed by atoms with E-state index in [0.29, 0.717) is 13.0 Å². The van der Waals surface area contributed by atoms with E-state index in [1.165, 1.54) is 0 Å². The Hall–Kier alpha value is -0.640. The van der Waals surface area contributed by atoms with E-state index >= 15 is 0 Å². The Morgan fingerprint density at radius 2 is 2.00 bits per heavy atom. The molecule has 0 aromatic carbocycles. The van der Waals surface area contributed by atoms with Crippen molar-refractivity contribution in [2.75, 3.05) is 6.54 Å². The van der Waals surface area contributed by atoms with E-state index in [9.17, 15) is 8.42 Å². The fraction of sp³-hybridized carbons (Fsp3) is 0.875. The molecular weight excluding hydrogens is 202 g/mol. The molecule has 6 heteroatoms. The van der Waals surface area contributed by atoms with E-state index in [2.05, 4.69) is 9.44 Å². The number of hydrogen-bond donors (Lipinski definition) is 2. The van der Waals surface area contributed by atoms with E-state index in [-0.39, 0.29) is 5.92 Å². The second-order valence-electron chi connectivity index (χ2n) is 3.45. The quantitative estimate of drug-likeness (QED) is 0.677. The first-order chi connectivity index (χ1) is 6.41. The van der Waals surface area contributed by atoms with Crippen molar-refractivity contribution in [3.8, 4) is 6.07 Å². The van der Waals surface area contributed by atoms with Gasteiger partial charge in [0.25, 0.3) is 10.2 Å². The van der Waals surface area contributed by atoms with Gasteiger partial charge < -0.3 is 0 Å². The highest BCUT2D eigenvalue weighted by Crippen LogP contribution is 1.93. The minimum Gasteiger partial charge on any atom is -0.202 e. The Kier molecular flexibility index (Phi) is 5.69. The Bertz CT molecular complexity index is 292. The monoisotopic (exact) mass is 219 g/mol. The van der Waals surface area contributed by atoms with Crippen LogP contribution in [-0.4, -0.2) is 21.0 Å². The van der Waals surface area contributed by atoms with Crippen LogP contribution in [-0.2, 0) is 10.2 Å². The highest BCUT2D eigenvalue weighted by molar-refractivity contribution is 7.87. The molecule has 0 fully saturated rings. The van der Waals surface area contributed by atoms with Crippen molar-refractivity contribution in [1.29, 1.82) is 5.26 Å². The fourth-order valence-electron chi connectivity index (χ4n) is 0.706. The molecule has 0 rings (SSSR count). The fourth-order valence-corrected chi connectivity index (χ4v) is 1.94. The molecule has 1 unspecified atom stereocenters. The lowest BCUT2D eigenvalue weighted by molar-refractivity contribution is 0.538. The summed E-state index contributed by atoms with van der Waals surface area (Å²) in [6, 6.07) is 1.21. The number of hydrogen-bond acceptors (Lipinski definition) is 3. The molecule has 0 aromatic heterocycles. The molecular formula is C8H17N3O2S. The summed E-state index contributed by atoms with van der Waals surface area (Å²) in [5.74, 6) is 0.244. The van der Waals surface area contributed by atoms with Gasteiger partial charge in [-0.1, -0.05) is 20.8 Å². The highest BCUT2D eigenvalue weighted by Gasteiger charge is 2.15. The maximum absolute atomic E-state index is 11.3. The SMILES string of the molecule is CCC(C#N)NS(=O)(=O)NCC(C)C. The standard InChI is InChI=1S/C8H17N3O2S/c1-4-8(5-9)11-14(12,13)10-6-7(2)3/h7-8,10-11H,4,6H2,1-3H3. The third-order valence-electron chi connectivity index (χ3n) is 1.54. The van der Waals surface area contributed by atoms with Crippen molar-refractivity contribution in [1.82, 2.24) is 9.44 Å². The Morgan fingerprint density at radius 3 is 2.36 bits per heavy atom. The van der Waals surface area contributed by atoms with Gasteiger partial charge in [-0.15, -0.1) is 0 Å². The topological polar surface area (TPSA) is 82.0 Å². The van der Waals surface area contributed by atoms with Crippen LogP contribution in [0.2, 0.25) is 0 Å². The van der Waals surface area contributed by atoms with E-state index < -0.39 is 16.3 Å². The molecule has 2 N–H and O–H groups in total. The van der Waals surface area contributed by atoms with Crippen molar-refractivity contribution < 1.29 is 8.42 Å². The molecule has 0 saturated heterocycles. The van der Waals surface area contributed by atoms with Crippen LogP contribution < -0.4 is 9.44 Å². The molecule has 1 atom stereocenters. The average molecular weight is 219 g/mol. The Morgan fingerprint density at radius 1 is 1.43 bits per heavy atom. The number of rotatable bonds is 6. The van der Waals surface area contributed by atoms with Gasteiger partial charge in [0.1, 0.15) is 6.04 Å². The summed E-state index contributed by atoms with van der Waals surface area (Å²) in [7, 11) is -3.52. The average Bonchev–Trinajstić information content (AvgIpc) is 2.11. The Labute approximate surface area is 85.7 Å². The molecule has 0 bridgehead atoms. The van der Waals surface area contributed by atoms with Crippen LogP contribution in [0, 0.1) is 17.2 Å². The third kappa shape index (κ3) is 5.91. The molecule has 0 saturated carbocycles. The summed E-state index contributed by atoms with van der Waals surface area (Å²) >= 11 is 0. The predicted octanol–water partition coefficient (Wildman–Crippen LogP) is 0.369. The van der Waals surface area contributed by atoms with Gasteiger partial charge >= 0.3 is 0 Å². The van der Waals surface area contributed by atoms with Gasteiger partial charge in [-0.05, 0) is 12.3 Å². The molecule has 0 heterocycles. The third-order valence-corrected chi connectivity index (χ3v) is 2.68. The number of nitriles is 1. The van der Waals surface area contributed by atoms with Gasteiger partial charge in [0.15, 0.2) is 0 Å². The molecule has 0 amide bonds. The second-order valence-corrected chi connectivity index (χ2v) is 4.98. The van der Waals surface area contributed by atoms with Crippen LogP contribution >= 0.6 is 0 Å². The molecule has 5 nitrogen and oxygen atoms in total. The largest absolute Gasteiger partial charge is 0.278 e. The molecule has 0 aliphatic carbocycles. The predicted molar refractivity (Wildman–Crippen MR) is 54.6 cm³/mol. The van der Waals surface area contributed by atoms with E-state index in [0.717, 1.165) is 0 Å². The summed E-state index contributed by atoms with van der Waals surface area (Å²) in [5.41, 5.74) is 0. The van der Waals surface area contributed by atoms with Crippen LogP contribution in [0.25, 0.3) is 0 Å². The van der Waals surface area contributed by atoms with Gasteiger partial charge in [0.2, 0.25) is 0 Å². The zero-order valence-corrected chi connectivity index (χ0v) is 9.56. The van der Waals surface area contributed by atoms with Crippen LogP contribution in [0.15, 0.2) is 0 Å². The first kappa shape index (κ1) is 13.4. The summed E-state index contributed by atoms with van der Waals surface area (Å²) in [5, 5.41) is 8.56. The lowest BCUT2D eigenvalue weighted by atomic mass is 10.2. The van der Waals surface area contributed by atoms with Crippen LogP contribution in [0.5, 0.6) is 0 Å². The molecule has 0 radical (unpaired) electrons. The lowest BCUT2D eigenvalue weighted by Gasteiger charge is -2.12. The van der Waals surface area contributed by atoms with Crippen molar-refractivity contribution >= 4 is 10.2 Å². The van der Waals surface area contributed by atoms with Crippen LogP contribution in [0.3, 0.4) is 0 Å². The molecule has 0 aliphatic heterocycles. The van der Waals surface area contributed by atoms with Crippen LogP contribution in [0.1, 0.15) is 27.2 Å².